The van der Waals surface area contributed by atoms with Gasteiger partial charge in [-0.2, -0.15) is 0 Å². The first kappa shape index (κ1) is 27.0. The highest BCUT2D eigenvalue weighted by Gasteiger charge is 2.24. The van der Waals surface area contributed by atoms with Crippen LogP contribution < -0.4 is 21.5 Å². The van der Waals surface area contributed by atoms with E-state index in [1.807, 2.05) is 20.8 Å². The lowest BCUT2D eigenvalue weighted by Gasteiger charge is -2.24. The van der Waals surface area contributed by atoms with Crippen LogP contribution in [0.15, 0.2) is 47.3 Å². The van der Waals surface area contributed by atoms with Crippen molar-refractivity contribution in [2.75, 3.05) is 5.32 Å². The van der Waals surface area contributed by atoms with Crippen molar-refractivity contribution in [1.82, 2.24) is 20.2 Å². The van der Waals surface area contributed by atoms with Gasteiger partial charge in [-0.3, -0.25) is 9.36 Å². The highest BCUT2D eigenvalue weighted by molar-refractivity contribution is 6.35. The van der Waals surface area contributed by atoms with Crippen molar-refractivity contribution in [3.63, 3.8) is 0 Å². The minimum Gasteiger partial charge on any atom is -0.444 e. The zero-order valence-electron chi connectivity index (χ0n) is 21.5. The number of ether oxygens (including phenoxy) is 1. The molecule has 0 saturated heterocycles. The van der Waals surface area contributed by atoms with Gasteiger partial charge < -0.3 is 20.7 Å². The Balaban J connectivity index is 2.11. The number of nitrogens with zero attached hydrogens (tertiary/aromatic N) is 2. The second-order valence-corrected chi connectivity index (χ2v) is 10.9. The lowest BCUT2D eigenvalue weighted by atomic mass is 10.1. The van der Waals surface area contributed by atoms with Crippen LogP contribution >= 0.6 is 11.6 Å². The third-order valence-electron chi connectivity index (χ3n) is 4.84. The Kier molecular flexibility index (Phi) is 7.64. The fourth-order valence-corrected chi connectivity index (χ4v) is 3.77. The van der Waals surface area contributed by atoms with Crippen LogP contribution in [-0.4, -0.2) is 32.8 Å². The van der Waals surface area contributed by atoms with Gasteiger partial charge in [0.2, 0.25) is 0 Å². The van der Waals surface area contributed by atoms with E-state index < -0.39 is 28.8 Å². The largest absolute Gasteiger partial charge is 0.444 e. The van der Waals surface area contributed by atoms with Crippen LogP contribution in [0.25, 0.3) is 16.6 Å². The zero-order chi connectivity index (χ0) is 26.8. The Hall–Kier alpha value is -3.59. The molecule has 3 amide bonds. The van der Waals surface area contributed by atoms with Gasteiger partial charge in [0.05, 0.1) is 27.7 Å². The fraction of sp³-hybridized carbons (Fsp3) is 0.385. The minimum absolute atomic E-state index is 0.247. The Morgan fingerprint density at radius 1 is 1.06 bits per heavy atom. The maximum atomic E-state index is 13.7. The molecule has 0 fully saturated rings. The van der Waals surface area contributed by atoms with Crippen molar-refractivity contribution in [2.24, 2.45) is 0 Å². The summed E-state index contributed by atoms with van der Waals surface area (Å²) in [7, 11) is 0. The van der Waals surface area contributed by atoms with E-state index in [2.05, 4.69) is 20.9 Å². The predicted molar refractivity (Wildman–Crippen MR) is 142 cm³/mol. The molecule has 1 atom stereocenters. The third kappa shape index (κ3) is 6.75. The molecule has 3 aromatic rings. The molecule has 0 saturated carbocycles. The number of benzene rings is 2. The monoisotopic (exact) mass is 513 g/mol. The molecule has 0 radical (unpaired) electrons. The maximum Gasteiger partial charge on any atom is 0.408 e. The maximum absolute atomic E-state index is 13.7. The van der Waals surface area contributed by atoms with Gasteiger partial charge in [-0.25, -0.2) is 14.6 Å². The van der Waals surface area contributed by atoms with Crippen molar-refractivity contribution in [3.8, 4) is 5.69 Å². The van der Waals surface area contributed by atoms with Gasteiger partial charge in [-0.05, 0) is 78.8 Å². The topological polar surface area (TPSA) is 114 Å². The molecule has 9 nitrogen and oxygen atoms in total. The standard InChI is InChI=1S/C26H32ClN5O4/c1-15(28-24(35)36-26(5,6)7)21-30-19-13-9-12-18(27)20(19)22(33)32(21)17-11-8-10-16(14-17)29-23(34)31-25(2,3)4/h8-15H,1-7H3,(H,28,35)(H2,29,31,34)/t15-/m0/s1. The molecule has 3 rings (SSSR count). The van der Waals surface area contributed by atoms with E-state index in [9.17, 15) is 14.4 Å². The molecule has 0 spiro atoms. The molecule has 2 aromatic carbocycles. The summed E-state index contributed by atoms with van der Waals surface area (Å²) in [5.41, 5.74) is -0.213. The first-order chi connectivity index (χ1) is 16.6. The molecule has 0 bridgehead atoms. The molecule has 3 N–H and O–H groups in total. The summed E-state index contributed by atoms with van der Waals surface area (Å²) < 4.78 is 6.75. The number of anilines is 1. The Morgan fingerprint density at radius 3 is 2.36 bits per heavy atom. The highest BCUT2D eigenvalue weighted by Crippen LogP contribution is 2.24. The van der Waals surface area contributed by atoms with Gasteiger partial charge in [0.1, 0.15) is 11.4 Å². The van der Waals surface area contributed by atoms with Crippen molar-refractivity contribution in [3.05, 3.63) is 63.7 Å². The van der Waals surface area contributed by atoms with Gasteiger partial charge in [0, 0.05) is 11.2 Å². The summed E-state index contributed by atoms with van der Waals surface area (Å²) in [5.74, 6) is 0.275. The fourth-order valence-electron chi connectivity index (χ4n) is 3.52. The summed E-state index contributed by atoms with van der Waals surface area (Å²) >= 11 is 6.36. The van der Waals surface area contributed by atoms with Gasteiger partial charge in [0.15, 0.2) is 0 Å². The van der Waals surface area contributed by atoms with Crippen LogP contribution in [0, 0.1) is 0 Å². The average molecular weight is 514 g/mol. The summed E-state index contributed by atoms with van der Waals surface area (Å²) in [6.45, 7) is 12.6. The number of rotatable bonds is 4. The number of carbonyl (C=O) groups excluding carboxylic acids is 2. The number of amides is 3. The van der Waals surface area contributed by atoms with Gasteiger partial charge in [-0.15, -0.1) is 0 Å². The van der Waals surface area contributed by atoms with E-state index in [0.29, 0.717) is 16.9 Å². The molecule has 0 aliphatic heterocycles. The Bertz CT molecular complexity index is 1360. The van der Waals surface area contributed by atoms with Crippen molar-refractivity contribution in [1.29, 1.82) is 0 Å². The van der Waals surface area contributed by atoms with Crippen molar-refractivity contribution >= 4 is 40.3 Å². The Labute approximate surface area is 215 Å². The smallest absolute Gasteiger partial charge is 0.408 e. The number of urea groups is 1. The summed E-state index contributed by atoms with van der Waals surface area (Å²) in [6.07, 6.45) is -0.642. The third-order valence-corrected chi connectivity index (χ3v) is 5.16. The van der Waals surface area contributed by atoms with E-state index in [-0.39, 0.29) is 22.3 Å². The van der Waals surface area contributed by atoms with E-state index in [0.717, 1.165) is 0 Å². The molecule has 1 heterocycles. The molecule has 0 aliphatic rings. The number of carbonyl (C=O) groups is 2. The van der Waals surface area contributed by atoms with Crippen LogP contribution in [0.5, 0.6) is 0 Å². The van der Waals surface area contributed by atoms with Gasteiger partial charge in [-0.1, -0.05) is 23.7 Å². The lowest BCUT2D eigenvalue weighted by Crippen LogP contribution is -2.43. The quantitative estimate of drug-likeness (QED) is 0.423. The van der Waals surface area contributed by atoms with Crippen LogP contribution in [0.1, 0.15) is 60.3 Å². The number of aromatic nitrogens is 2. The zero-order valence-corrected chi connectivity index (χ0v) is 22.3. The van der Waals surface area contributed by atoms with Crippen LogP contribution in [0.4, 0.5) is 15.3 Å². The first-order valence-electron chi connectivity index (χ1n) is 11.5. The normalized spacial score (nSPS) is 12.7. The second-order valence-electron chi connectivity index (χ2n) is 10.5. The second kappa shape index (κ2) is 10.2. The average Bonchev–Trinajstić information content (AvgIpc) is 2.70. The molecule has 192 valence electrons. The molecule has 0 aliphatic carbocycles. The number of fused-ring (bicyclic) bond motifs is 1. The van der Waals surface area contributed by atoms with E-state index in [4.69, 9.17) is 16.3 Å². The molecule has 10 heteroatoms. The lowest BCUT2D eigenvalue weighted by molar-refractivity contribution is 0.0505. The van der Waals surface area contributed by atoms with E-state index in [1.54, 1.807) is 70.2 Å². The number of alkyl carbamates (subject to hydrolysis) is 1. The minimum atomic E-state index is -0.697. The number of hydrogen-bond acceptors (Lipinski definition) is 5. The van der Waals surface area contributed by atoms with E-state index >= 15 is 0 Å². The van der Waals surface area contributed by atoms with Crippen LogP contribution in [0.2, 0.25) is 5.02 Å². The number of halogens is 1. The molecular weight excluding hydrogens is 482 g/mol. The highest BCUT2D eigenvalue weighted by atomic mass is 35.5. The summed E-state index contributed by atoms with van der Waals surface area (Å²) in [5, 5.41) is 8.86. The predicted octanol–water partition coefficient (Wildman–Crippen LogP) is 5.54. The van der Waals surface area contributed by atoms with E-state index in [1.165, 1.54) is 4.57 Å². The number of nitrogens with one attached hydrogen (secondary N) is 3. The van der Waals surface area contributed by atoms with Crippen LogP contribution in [0.3, 0.4) is 0 Å². The molecular formula is C26H32ClN5O4. The van der Waals surface area contributed by atoms with Gasteiger partial charge >= 0.3 is 12.1 Å². The first-order valence-corrected chi connectivity index (χ1v) is 11.9. The van der Waals surface area contributed by atoms with Crippen molar-refractivity contribution < 1.29 is 14.3 Å². The molecule has 1 aromatic heterocycles. The van der Waals surface area contributed by atoms with Crippen LogP contribution in [-0.2, 0) is 4.74 Å². The van der Waals surface area contributed by atoms with Gasteiger partial charge in [0.25, 0.3) is 5.56 Å². The SMILES string of the molecule is C[C@H](NC(=O)OC(C)(C)C)c1nc2cccc(Cl)c2c(=O)n1-c1cccc(NC(=O)NC(C)(C)C)c1. The summed E-state index contributed by atoms with van der Waals surface area (Å²) in [4.78, 5) is 43.2. The Morgan fingerprint density at radius 2 is 1.72 bits per heavy atom. The van der Waals surface area contributed by atoms with Crippen molar-refractivity contribution in [2.45, 2.75) is 65.6 Å². The number of hydrogen-bond donors (Lipinski definition) is 3. The summed E-state index contributed by atoms with van der Waals surface area (Å²) in [6, 6.07) is 10.7. The molecule has 36 heavy (non-hydrogen) atoms. The molecule has 0 unspecified atom stereocenters.